The second-order valence-corrected chi connectivity index (χ2v) is 7.81. The van der Waals surface area contributed by atoms with Crippen molar-refractivity contribution in [2.75, 3.05) is 0 Å². The fraction of sp³-hybridized carbons (Fsp3) is 0.789. The van der Waals surface area contributed by atoms with E-state index in [1.807, 2.05) is 6.08 Å². The van der Waals surface area contributed by atoms with Gasteiger partial charge in [0, 0.05) is 18.3 Å². The zero-order valence-corrected chi connectivity index (χ0v) is 13.1. The first kappa shape index (κ1) is 13.7. The first-order chi connectivity index (χ1) is 10.2. The van der Waals surface area contributed by atoms with Crippen molar-refractivity contribution in [3.63, 3.8) is 0 Å². The number of ketones is 2. The Bertz CT molecular complexity index is 518. The minimum atomic E-state index is 0.0346. The van der Waals surface area contributed by atoms with Gasteiger partial charge in [0.1, 0.15) is 5.78 Å². The van der Waals surface area contributed by atoms with E-state index >= 15 is 0 Å². The van der Waals surface area contributed by atoms with Crippen molar-refractivity contribution >= 4 is 11.6 Å². The first-order valence-corrected chi connectivity index (χ1v) is 8.92. The van der Waals surface area contributed by atoms with Gasteiger partial charge in [0.25, 0.3) is 0 Å². The van der Waals surface area contributed by atoms with Crippen LogP contribution in [0.15, 0.2) is 11.6 Å². The third-order valence-electron chi connectivity index (χ3n) is 7.38. The molecule has 0 N–H and O–H groups in total. The summed E-state index contributed by atoms with van der Waals surface area (Å²) in [6.07, 6.45) is 11.5. The zero-order chi connectivity index (χ0) is 14.6. The van der Waals surface area contributed by atoms with Gasteiger partial charge in [0.2, 0.25) is 0 Å². The van der Waals surface area contributed by atoms with Crippen LogP contribution in [0.2, 0.25) is 0 Å². The number of fused-ring (bicyclic) bond motifs is 5. The van der Waals surface area contributed by atoms with E-state index in [4.69, 9.17) is 0 Å². The van der Waals surface area contributed by atoms with Gasteiger partial charge in [0.15, 0.2) is 5.78 Å². The van der Waals surface area contributed by atoms with Crippen LogP contribution in [-0.4, -0.2) is 11.6 Å². The van der Waals surface area contributed by atoms with E-state index in [9.17, 15) is 9.59 Å². The minimum Gasteiger partial charge on any atom is -0.299 e. The molecule has 0 spiro atoms. The van der Waals surface area contributed by atoms with E-state index in [0.717, 1.165) is 56.8 Å². The highest BCUT2D eigenvalue weighted by Crippen LogP contribution is 2.61. The van der Waals surface area contributed by atoms with Crippen LogP contribution in [0.3, 0.4) is 0 Å². The van der Waals surface area contributed by atoms with Gasteiger partial charge in [-0.25, -0.2) is 0 Å². The largest absolute Gasteiger partial charge is 0.299 e. The standard InChI is InChI=1S/C19H26O2/c1-2-19-10-9-15-14-6-4-13(20)11-12(14)3-5-16(15)17(19)7-8-18(19)21/h11,14-17H,2-10H2,1H3. The lowest BCUT2D eigenvalue weighted by atomic mass is 9.51. The highest BCUT2D eigenvalue weighted by Gasteiger charge is 2.57. The second kappa shape index (κ2) is 4.79. The van der Waals surface area contributed by atoms with Crippen LogP contribution < -0.4 is 0 Å². The molecule has 0 radical (unpaired) electrons. The summed E-state index contributed by atoms with van der Waals surface area (Å²) in [7, 11) is 0. The number of hydrogen-bond donors (Lipinski definition) is 0. The van der Waals surface area contributed by atoms with Crippen molar-refractivity contribution in [1.82, 2.24) is 0 Å². The lowest BCUT2D eigenvalue weighted by Gasteiger charge is -2.52. The van der Waals surface area contributed by atoms with E-state index in [-0.39, 0.29) is 5.41 Å². The topological polar surface area (TPSA) is 34.1 Å². The molecule has 0 aromatic rings. The molecule has 0 bridgehead atoms. The molecule has 0 aromatic carbocycles. The van der Waals surface area contributed by atoms with Crippen LogP contribution in [0, 0.1) is 29.1 Å². The van der Waals surface area contributed by atoms with Gasteiger partial charge in [0.05, 0.1) is 0 Å². The van der Waals surface area contributed by atoms with Gasteiger partial charge in [-0.05, 0) is 74.7 Å². The van der Waals surface area contributed by atoms with Crippen molar-refractivity contribution in [3.05, 3.63) is 11.6 Å². The molecule has 114 valence electrons. The highest BCUT2D eigenvalue weighted by atomic mass is 16.1. The van der Waals surface area contributed by atoms with Gasteiger partial charge in [-0.3, -0.25) is 9.59 Å². The lowest BCUT2D eigenvalue weighted by Crippen LogP contribution is -2.47. The molecule has 3 saturated carbocycles. The molecule has 4 rings (SSSR count). The molecule has 2 heteroatoms. The number of allylic oxidation sites excluding steroid dienone is 1. The van der Waals surface area contributed by atoms with Gasteiger partial charge in [-0.2, -0.15) is 0 Å². The average molecular weight is 286 g/mol. The molecule has 5 atom stereocenters. The van der Waals surface area contributed by atoms with Crippen LogP contribution in [-0.2, 0) is 9.59 Å². The van der Waals surface area contributed by atoms with E-state index in [0.29, 0.717) is 23.4 Å². The zero-order valence-electron chi connectivity index (χ0n) is 13.1. The minimum absolute atomic E-state index is 0.0346. The number of hydrogen-bond acceptors (Lipinski definition) is 2. The summed E-state index contributed by atoms with van der Waals surface area (Å²) in [5.41, 5.74) is 1.48. The second-order valence-electron chi connectivity index (χ2n) is 7.81. The predicted molar refractivity (Wildman–Crippen MR) is 81.7 cm³/mol. The fourth-order valence-electron chi connectivity index (χ4n) is 6.40. The van der Waals surface area contributed by atoms with Crippen molar-refractivity contribution in [3.8, 4) is 0 Å². The Morgan fingerprint density at radius 3 is 2.71 bits per heavy atom. The van der Waals surface area contributed by atoms with Crippen LogP contribution in [0.4, 0.5) is 0 Å². The SMILES string of the molecule is CCC12CCC3C4CCC(=O)C=C4CCC3C1CCC2=O. The summed E-state index contributed by atoms with van der Waals surface area (Å²) in [6.45, 7) is 2.23. The number of carbonyl (C=O) groups excluding carboxylic acids is 2. The molecule has 0 aromatic heterocycles. The number of carbonyl (C=O) groups is 2. The third-order valence-corrected chi connectivity index (χ3v) is 7.38. The molecule has 5 unspecified atom stereocenters. The van der Waals surface area contributed by atoms with Crippen molar-refractivity contribution in [1.29, 1.82) is 0 Å². The quantitative estimate of drug-likeness (QED) is 0.727. The molecular weight excluding hydrogens is 260 g/mol. The summed E-state index contributed by atoms with van der Waals surface area (Å²) in [5.74, 6) is 3.72. The summed E-state index contributed by atoms with van der Waals surface area (Å²) in [5, 5.41) is 0. The molecular formula is C19H26O2. The predicted octanol–water partition coefficient (Wildman–Crippen LogP) is 4.09. The number of rotatable bonds is 1. The highest BCUT2D eigenvalue weighted by molar-refractivity contribution is 5.91. The third kappa shape index (κ3) is 1.83. The number of Topliss-reactive ketones (excluding diaryl/α,β-unsaturated/α-hetero) is 1. The van der Waals surface area contributed by atoms with Crippen LogP contribution in [0.5, 0.6) is 0 Å². The van der Waals surface area contributed by atoms with E-state index in [1.54, 1.807) is 0 Å². The molecule has 3 fully saturated rings. The van der Waals surface area contributed by atoms with Crippen molar-refractivity contribution < 1.29 is 9.59 Å². The lowest BCUT2D eigenvalue weighted by molar-refractivity contribution is -0.133. The van der Waals surface area contributed by atoms with Gasteiger partial charge in [-0.1, -0.05) is 12.5 Å². The van der Waals surface area contributed by atoms with Crippen LogP contribution in [0.25, 0.3) is 0 Å². The molecule has 0 aliphatic heterocycles. The van der Waals surface area contributed by atoms with Crippen LogP contribution >= 0.6 is 0 Å². The molecule has 2 nitrogen and oxygen atoms in total. The fourth-order valence-corrected chi connectivity index (χ4v) is 6.40. The molecule has 4 aliphatic carbocycles. The Morgan fingerprint density at radius 2 is 1.90 bits per heavy atom. The smallest absolute Gasteiger partial charge is 0.155 e. The van der Waals surface area contributed by atoms with Gasteiger partial charge < -0.3 is 0 Å². The maximum atomic E-state index is 12.5. The average Bonchev–Trinajstić information content (AvgIpc) is 2.84. The van der Waals surface area contributed by atoms with E-state index < -0.39 is 0 Å². The Balaban J connectivity index is 1.65. The maximum Gasteiger partial charge on any atom is 0.155 e. The Morgan fingerprint density at radius 1 is 1.05 bits per heavy atom. The molecule has 0 heterocycles. The monoisotopic (exact) mass is 286 g/mol. The summed E-state index contributed by atoms with van der Waals surface area (Å²) >= 11 is 0. The van der Waals surface area contributed by atoms with Crippen molar-refractivity contribution in [2.45, 2.75) is 64.7 Å². The molecule has 4 aliphatic rings. The Kier molecular flexibility index (Phi) is 3.13. The first-order valence-electron chi connectivity index (χ1n) is 8.92. The Labute approximate surface area is 127 Å². The van der Waals surface area contributed by atoms with E-state index in [2.05, 4.69) is 6.92 Å². The van der Waals surface area contributed by atoms with Crippen LogP contribution in [0.1, 0.15) is 64.7 Å². The summed E-state index contributed by atoms with van der Waals surface area (Å²) in [6, 6.07) is 0. The Hall–Kier alpha value is -0.920. The summed E-state index contributed by atoms with van der Waals surface area (Å²) in [4.78, 5) is 24.2. The van der Waals surface area contributed by atoms with E-state index in [1.165, 1.54) is 18.4 Å². The summed E-state index contributed by atoms with van der Waals surface area (Å²) < 4.78 is 0. The van der Waals surface area contributed by atoms with Gasteiger partial charge in [-0.15, -0.1) is 0 Å². The molecule has 0 saturated heterocycles. The molecule has 0 amide bonds. The normalized spacial score (nSPS) is 45.7. The van der Waals surface area contributed by atoms with Crippen molar-refractivity contribution in [2.24, 2.45) is 29.1 Å². The van der Waals surface area contributed by atoms with Gasteiger partial charge >= 0.3 is 0 Å². The molecule has 21 heavy (non-hydrogen) atoms. The maximum absolute atomic E-state index is 12.5.